The molecule has 35 heavy (non-hydrogen) atoms. The first-order valence-corrected chi connectivity index (χ1v) is 10.4. The molecule has 2 heterocycles. The van der Waals surface area contributed by atoms with Crippen LogP contribution in [0.4, 0.5) is 17.2 Å². The molecule has 168 valence electrons. The number of azo groups is 1. The average molecular weight is 460 g/mol. The van der Waals surface area contributed by atoms with E-state index in [0.717, 1.165) is 0 Å². The van der Waals surface area contributed by atoms with Crippen molar-refractivity contribution in [2.45, 2.75) is 0 Å². The number of nitriles is 1. The predicted molar refractivity (Wildman–Crippen MR) is 128 cm³/mol. The molecule has 0 saturated heterocycles. The van der Waals surface area contributed by atoms with Gasteiger partial charge in [-0.3, -0.25) is 9.78 Å². The Morgan fingerprint density at radius 3 is 2.60 bits per heavy atom. The number of aromatic nitrogens is 4. The highest BCUT2D eigenvalue weighted by molar-refractivity contribution is 6.11. The topological polar surface area (TPSA) is 141 Å². The maximum Gasteiger partial charge on any atom is 0.259 e. The third-order valence-electron chi connectivity index (χ3n) is 5.15. The molecule has 1 amide bonds. The molecule has 0 fully saturated rings. The fraction of sp³-hybridized carbons (Fsp3) is 0. The quantitative estimate of drug-likeness (QED) is 0.351. The van der Waals surface area contributed by atoms with Gasteiger partial charge in [0, 0.05) is 23.5 Å². The normalized spacial score (nSPS) is 10.9. The number of carbonyl (C=O) groups excluding carboxylic acids is 1. The molecule has 5 aromatic rings. The number of fused-ring (bicyclic) bond motifs is 1. The van der Waals surface area contributed by atoms with Crippen LogP contribution in [0.3, 0.4) is 0 Å². The highest BCUT2D eigenvalue weighted by Gasteiger charge is 2.19. The number of hydrogen-bond acceptors (Lipinski definition) is 8. The second-order valence-electron chi connectivity index (χ2n) is 7.33. The maximum absolute atomic E-state index is 13.0. The summed E-state index contributed by atoms with van der Waals surface area (Å²) < 4.78 is 1.32. The number of phenolic OH excluding ortho intramolecular Hbond substituents is 1. The van der Waals surface area contributed by atoms with Gasteiger partial charge in [0.15, 0.2) is 17.4 Å². The van der Waals surface area contributed by atoms with Crippen LogP contribution in [-0.2, 0) is 0 Å². The maximum atomic E-state index is 13.0. The lowest BCUT2D eigenvalue weighted by Crippen LogP contribution is -2.12. The molecule has 0 spiro atoms. The van der Waals surface area contributed by atoms with Gasteiger partial charge in [0.1, 0.15) is 17.3 Å². The number of nitrogens with one attached hydrogen (secondary N) is 1. The summed E-state index contributed by atoms with van der Waals surface area (Å²) in [6, 6.07) is 19.7. The van der Waals surface area contributed by atoms with Gasteiger partial charge in [0.2, 0.25) is 0 Å². The van der Waals surface area contributed by atoms with E-state index in [1.54, 1.807) is 48.5 Å². The number of benzene rings is 3. The van der Waals surface area contributed by atoms with Gasteiger partial charge in [0.25, 0.3) is 5.91 Å². The largest absolute Gasteiger partial charge is 0.505 e. The molecular weight excluding hydrogens is 444 g/mol. The number of rotatable bonds is 5. The second-order valence-corrected chi connectivity index (χ2v) is 7.33. The van der Waals surface area contributed by atoms with E-state index in [2.05, 4.69) is 30.6 Å². The van der Waals surface area contributed by atoms with Gasteiger partial charge in [0.05, 0.1) is 18.0 Å². The minimum Gasteiger partial charge on any atom is -0.505 e. The van der Waals surface area contributed by atoms with Crippen molar-refractivity contribution in [3.8, 4) is 17.6 Å². The molecular formula is C25H16N8O2. The summed E-state index contributed by atoms with van der Waals surface area (Å²) in [7, 11) is 0. The summed E-state index contributed by atoms with van der Waals surface area (Å²) in [6.45, 7) is 0. The van der Waals surface area contributed by atoms with Gasteiger partial charge in [-0.25, -0.2) is 4.98 Å². The van der Waals surface area contributed by atoms with Crippen LogP contribution in [0.15, 0.2) is 95.7 Å². The Bertz CT molecular complexity index is 1610. The van der Waals surface area contributed by atoms with Crippen molar-refractivity contribution >= 4 is 33.9 Å². The van der Waals surface area contributed by atoms with Crippen LogP contribution in [0.1, 0.15) is 15.9 Å². The third kappa shape index (κ3) is 4.17. The Hall–Kier alpha value is -5.43. The average Bonchev–Trinajstić information content (AvgIpc) is 3.32. The van der Waals surface area contributed by atoms with Gasteiger partial charge in [-0.15, -0.1) is 10.2 Å². The lowest BCUT2D eigenvalue weighted by atomic mass is 10.0. The molecule has 0 aliphatic carbocycles. The van der Waals surface area contributed by atoms with Gasteiger partial charge in [-0.1, -0.05) is 42.5 Å². The molecule has 0 radical (unpaired) electrons. The van der Waals surface area contributed by atoms with Crippen molar-refractivity contribution in [3.05, 3.63) is 96.6 Å². The Morgan fingerprint density at radius 1 is 1.03 bits per heavy atom. The summed E-state index contributed by atoms with van der Waals surface area (Å²) in [6.07, 6.45) is 5.80. The number of hydrogen-bond donors (Lipinski definition) is 2. The summed E-state index contributed by atoms with van der Waals surface area (Å²) in [5.41, 5.74) is 0.850. The highest BCUT2D eigenvalue weighted by Crippen LogP contribution is 2.40. The Kier molecular flexibility index (Phi) is 5.63. The monoisotopic (exact) mass is 460 g/mol. The molecule has 10 nitrogen and oxygen atoms in total. The van der Waals surface area contributed by atoms with E-state index in [4.69, 9.17) is 0 Å². The van der Waals surface area contributed by atoms with Crippen molar-refractivity contribution in [2.24, 2.45) is 10.2 Å². The molecule has 2 aromatic heterocycles. The van der Waals surface area contributed by atoms with Gasteiger partial charge < -0.3 is 10.4 Å². The lowest BCUT2D eigenvalue weighted by Gasteiger charge is -2.11. The molecule has 0 bridgehead atoms. The summed E-state index contributed by atoms with van der Waals surface area (Å²) in [4.78, 5) is 21.2. The van der Waals surface area contributed by atoms with Crippen LogP contribution in [0.25, 0.3) is 16.6 Å². The van der Waals surface area contributed by atoms with Crippen LogP contribution in [-0.4, -0.2) is 30.8 Å². The molecule has 0 aliphatic rings. The summed E-state index contributed by atoms with van der Waals surface area (Å²) >= 11 is 0. The third-order valence-corrected chi connectivity index (χ3v) is 5.15. The molecule has 0 unspecified atom stereocenters. The van der Waals surface area contributed by atoms with Gasteiger partial charge >= 0.3 is 0 Å². The van der Waals surface area contributed by atoms with E-state index in [1.165, 1.54) is 29.5 Å². The molecule has 2 N–H and O–H groups in total. The fourth-order valence-corrected chi connectivity index (χ4v) is 3.49. The fourth-order valence-electron chi connectivity index (χ4n) is 3.49. The Morgan fingerprint density at radius 2 is 1.83 bits per heavy atom. The molecule has 0 atom stereocenters. The van der Waals surface area contributed by atoms with E-state index in [0.29, 0.717) is 22.3 Å². The Labute approximate surface area is 198 Å². The lowest BCUT2D eigenvalue weighted by molar-refractivity contribution is 0.102. The number of nitrogens with zero attached hydrogens (tertiary/aromatic N) is 7. The van der Waals surface area contributed by atoms with E-state index in [-0.39, 0.29) is 28.4 Å². The zero-order valence-electron chi connectivity index (χ0n) is 18.1. The highest BCUT2D eigenvalue weighted by atomic mass is 16.3. The molecule has 10 heteroatoms. The van der Waals surface area contributed by atoms with Crippen molar-refractivity contribution in [1.82, 2.24) is 19.7 Å². The standard InChI is InChI=1S/C25H16N8O2/c26-13-17-14-29-33(21-15-27-10-11-28-21)24(17)32-31-22-19-9-5-4-6-16(19)12-20(23(22)34)25(35)30-18-7-2-1-3-8-18/h1-12,14-15,34H,(H,30,35)/b32-31+. The van der Waals surface area contributed by atoms with Crippen molar-refractivity contribution in [1.29, 1.82) is 5.26 Å². The first kappa shape index (κ1) is 21.4. The van der Waals surface area contributed by atoms with Gasteiger partial charge in [-0.2, -0.15) is 15.0 Å². The van der Waals surface area contributed by atoms with Crippen LogP contribution < -0.4 is 5.32 Å². The zero-order valence-corrected chi connectivity index (χ0v) is 18.1. The molecule has 0 aliphatic heterocycles. The number of amides is 1. The van der Waals surface area contributed by atoms with Gasteiger partial charge in [-0.05, 0) is 23.6 Å². The van der Waals surface area contributed by atoms with Crippen LogP contribution in [0.5, 0.6) is 5.75 Å². The summed E-state index contributed by atoms with van der Waals surface area (Å²) in [5, 5.41) is 37.2. The van der Waals surface area contributed by atoms with Crippen LogP contribution >= 0.6 is 0 Å². The van der Waals surface area contributed by atoms with E-state index in [9.17, 15) is 15.2 Å². The number of phenols is 1. The molecule has 0 saturated carbocycles. The number of carbonyl (C=O) groups is 1. The van der Waals surface area contributed by atoms with Crippen molar-refractivity contribution < 1.29 is 9.90 Å². The number of aromatic hydroxyl groups is 1. The first-order chi connectivity index (χ1) is 17.2. The number of anilines is 1. The predicted octanol–water partition coefficient (Wildman–Crippen LogP) is 5.06. The second kappa shape index (κ2) is 9.21. The van der Waals surface area contributed by atoms with Crippen LogP contribution in [0, 0.1) is 11.3 Å². The van der Waals surface area contributed by atoms with E-state index in [1.807, 2.05) is 18.2 Å². The van der Waals surface area contributed by atoms with Crippen LogP contribution in [0.2, 0.25) is 0 Å². The first-order valence-electron chi connectivity index (χ1n) is 10.4. The van der Waals surface area contributed by atoms with Crippen molar-refractivity contribution in [2.75, 3.05) is 5.32 Å². The Balaban J connectivity index is 1.61. The van der Waals surface area contributed by atoms with E-state index < -0.39 is 5.91 Å². The minimum atomic E-state index is -0.502. The van der Waals surface area contributed by atoms with E-state index >= 15 is 0 Å². The smallest absolute Gasteiger partial charge is 0.259 e. The minimum absolute atomic E-state index is 0.0319. The molecule has 5 rings (SSSR count). The van der Waals surface area contributed by atoms with Crippen molar-refractivity contribution in [3.63, 3.8) is 0 Å². The molecule has 3 aromatic carbocycles. The number of para-hydroxylation sites is 1. The summed E-state index contributed by atoms with van der Waals surface area (Å²) in [5.74, 6) is -0.396. The SMILES string of the molecule is N#Cc1cnn(-c2cnccn2)c1/N=N/c1c(O)c(C(=O)Nc2ccccc2)cc2ccccc12. The zero-order chi connectivity index (χ0) is 24.2.